The minimum absolute atomic E-state index is 0.166. The highest BCUT2D eigenvalue weighted by molar-refractivity contribution is 6.29. The Hall–Kier alpha value is -1.87. The van der Waals surface area contributed by atoms with Crippen LogP contribution in [0, 0.1) is 0 Å². The molecule has 0 radical (unpaired) electrons. The number of hydrogen-bond donors (Lipinski definition) is 1. The van der Waals surface area contributed by atoms with Gasteiger partial charge < -0.3 is 5.11 Å². The van der Waals surface area contributed by atoms with Crippen molar-refractivity contribution in [3.8, 4) is 11.1 Å². The molecule has 0 aliphatic heterocycles. The summed E-state index contributed by atoms with van der Waals surface area (Å²) >= 11 is 5.72. The Bertz CT molecular complexity index is 579. The second-order valence-corrected chi connectivity index (χ2v) is 4.30. The first-order valence-corrected chi connectivity index (χ1v) is 5.97. The van der Waals surface area contributed by atoms with E-state index in [2.05, 4.69) is 11.9 Å². The van der Waals surface area contributed by atoms with E-state index < -0.39 is 5.97 Å². The Morgan fingerprint density at radius 1 is 1.33 bits per heavy atom. The van der Waals surface area contributed by atoms with Gasteiger partial charge in [-0.2, -0.15) is 0 Å². The van der Waals surface area contributed by atoms with E-state index in [1.54, 1.807) is 0 Å². The number of aryl methyl sites for hydroxylation is 1. The van der Waals surface area contributed by atoms with Crippen LogP contribution in [0.3, 0.4) is 0 Å². The summed E-state index contributed by atoms with van der Waals surface area (Å²) in [5.41, 5.74) is 2.78. The van der Waals surface area contributed by atoms with Gasteiger partial charge in [0, 0.05) is 11.8 Å². The molecule has 1 heterocycles. The third kappa shape index (κ3) is 2.51. The average molecular weight is 262 g/mol. The number of halogens is 1. The van der Waals surface area contributed by atoms with Crippen molar-refractivity contribution in [3.63, 3.8) is 0 Å². The monoisotopic (exact) mass is 261 g/mol. The van der Waals surface area contributed by atoms with Crippen LogP contribution in [0.1, 0.15) is 22.8 Å². The van der Waals surface area contributed by atoms with Crippen molar-refractivity contribution in [3.05, 3.63) is 52.8 Å². The van der Waals surface area contributed by atoms with Gasteiger partial charge in [-0.15, -0.1) is 0 Å². The fourth-order valence-corrected chi connectivity index (χ4v) is 1.91. The fraction of sp³-hybridized carbons (Fsp3) is 0.143. The molecule has 0 saturated carbocycles. The zero-order chi connectivity index (χ0) is 13.1. The van der Waals surface area contributed by atoms with Crippen LogP contribution in [0.25, 0.3) is 11.1 Å². The van der Waals surface area contributed by atoms with Crippen LogP contribution in [0.2, 0.25) is 5.15 Å². The summed E-state index contributed by atoms with van der Waals surface area (Å²) in [6.45, 7) is 2.07. The van der Waals surface area contributed by atoms with Crippen LogP contribution >= 0.6 is 11.6 Å². The SMILES string of the molecule is CCc1ccc(-c2cnc(Cl)cc2C(=O)O)cc1. The zero-order valence-corrected chi connectivity index (χ0v) is 10.6. The van der Waals surface area contributed by atoms with Crippen LogP contribution in [0.15, 0.2) is 36.5 Å². The number of nitrogens with zero attached hydrogens (tertiary/aromatic N) is 1. The van der Waals surface area contributed by atoms with E-state index in [1.165, 1.54) is 17.8 Å². The number of hydrogen-bond acceptors (Lipinski definition) is 2. The van der Waals surface area contributed by atoms with E-state index in [9.17, 15) is 4.79 Å². The molecule has 1 N–H and O–H groups in total. The lowest BCUT2D eigenvalue weighted by Gasteiger charge is -2.07. The van der Waals surface area contributed by atoms with E-state index in [1.807, 2.05) is 24.3 Å². The molecule has 2 rings (SSSR count). The topological polar surface area (TPSA) is 50.2 Å². The number of carboxylic acid groups (broad SMARTS) is 1. The standard InChI is InChI=1S/C14H12ClNO2/c1-2-9-3-5-10(6-4-9)12-8-16-13(15)7-11(12)14(17)18/h3-8H,2H2,1H3,(H,17,18). The normalized spacial score (nSPS) is 10.3. The molecule has 0 amide bonds. The van der Waals surface area contributed by atoms with Crippen molar-refractivity contribution in [2.75, 3.05) is 0 Å². The number of aromatic nitrogens is 1. The van der Waals surface area contributed by atoms with Crippen LogP contribution in [0.5, 0.6) is 0 Å². The number of pyridine rings is 1. The predicted octanol–water partition coefficient (Wildman–Crippen LogP) is 3.66. The van der Waals surface area contributed by atoms with Crippen molar-refractivity contribution in [2.24, 2.45) is 0 Å². The molecule has 0 aliphatic rings. The highest BCUT2D eigenvalue weighted by Gasteiger charge is 2.13. The van der Waals surface area contributed by atoms with Crippen molar-refractivity contribution in [2.45, 2.75) is 13.3 Å². The van der Waals surface area contributed by atoms with Gasteiger partial charge in [0.25, 0.3) is 0 Å². The van der Waals surface area contributed by atoms with Gasteiger partial charge in [0.05, 0.1) is 5.56 Å². The summed E-state index contributed by atoms with van der Waals surface area (Å²) in [4.78, 5) is 15.1. The minimum Gasteiger partial charge on any atom is -0.478 e. The molecule has 0 bridgehead atoms. The molecule has 1 aromatic heterocycles. The quantitative estimate of drug-likeness (QED) is 0.858. The van der Waals surface area contributed by atoms with E-state index >= 15 is 0 Å². The molecule has 1 aromatic carbocycles. The summed E-state index contributed by atoms with van der Waals surface area (Å²) in [5, 5.41) is 9.35. The second kappa shape index (κ2) is 5.19. The second-order valence-electron chi connectivity index (χ2n) is 3.91. The number of carbonyl (C=O) groups is 1. The third-order valence-corrected chi connectivity index (χ3v) is 2.98. The largest absolute Gasteiger partial charge is 0.478 e. The molecular weight excluding hydrogens is 250 g/mol. The molecule has 0 spiro atoms. The molecule has 18 heavy (non-hydrogen) atoms. The lowest BCUT2D eigenvalue weighted by atomic mass is 10.0. The summed E-state index contributed by atoms with van der Waals surface area (Å²) in [6.07, 6.45) is 2.44. The molecule has 3 nitrogen and oxygen atoms in total. The summed E-state index contributed by atoms with van der Waals surface area (Å²) in [7, 11) is 0. The predicted molar refractivity (Wildman–Crippen MR) is 71.0 cm³/mol. The molecule has 2 aromatic rings. The Labute approximate surface area is 110 Å². The number of rotatable bonds is 3. The Morgan fingerprint density at radius 2 is 2.00 bits per heavy atom. The fourth-order valence-electron chi connectivity index (χ4n) is 1.76. The molecule has 0 saturated heterocycles. The molecule has 0 fully saturated rings. The van der Waals surface area contributed by atoms with Gasteiger partial charge >= 0.3 is 5.97 Å². The van der Waals surface area contributed by atoms with Crippen molar-refractivity contribution in [1.29, 1.82) is 0 Å². The average Bonchev–Trinajstić information content (AvgIpc) is 2.39. The van der Waals surface area contributed by atoms with E-state index in [0.29, 0.717) is 5.56 Å². The van der Waals surface area contributed by atoms with Crippen LogP contribution < -0.4 is 0 Å². The molecule has 0 unspecified atom stereocenters. The van der Waals surface area contributed by atoms with Gasteiger partial charge in [-0.1, -0.05) is 42.8 Å². The first-order chi connectivity index (χ1) is 8.61. The summed E-state index contributed by atoms with van der Waals surface area (Å²) in [5.74, 6) is -1.01. The highest BCUT2D eigenvalue weighted by atomic mass is 35.5. The van der Waals surface area contributed by atoms with Gasteiger partial charge in [-0.25, -0.2) is 9.78 Å². The first-order valence-electron chi connectivity index (χ1n) is 5.60. The lowest BCUT2D eigenvalue weighted by Crippen LogP contribution is -2.00. The van der Waals surface area contributed by atoms with E-state index in [-0.39, 0.29) is 10.7 Å². The Morgan fingerprint density at radius 3 is 2.56 bits per heavy atom. The maximum atomic E-state index is 11.2. The van der Waals surface area contributed by atoms with Crippen LogP contribution in [-0.2, 0) is 6.42 Å². The van der Waals surface area contributed by atoms with E-state index in [4.69, 9.17) is 16.7 Å². The van der Waals surface area contributed by atoms with Gasteiger partial charge in [0.15, 0.2) is 0 Å². The smallest absolute Gasteiger partial charge is 0.336 e. The van der Waals surface area contributed by atoms with Crippen molar-refractivity contribution >= 4 is 17.6 Å². The number of carboxylic acids is 1. The number of aromatic carboxylic acids is 1. The third-order valence-electron chi connectivity index (χ3n) is 2.77. The van der Waals surface area contributed by atoms with Gasteiger partial charge in [0.2, 0.25) is 0 Å². The van der Waals surface area contributed by atoms with Gasteiger partial charge in [0.1, 0.15) is 5.15 Å². The number of benzene rings is 1. The Kier molecular flexibility index (Phi) is 3.63. The summed E-state index contributed by atoms with van der Waals surface area (Å²) < 4.78 is 0. The van der Waals surface area contributed by atoms with Gasteiger partial charge in [-0.05, 0) is 23.6 Å². The van der Waals surface area contributed by atoms with Crippen LogP contribution in [0.4, 0.5) is 0 Å². The maximum absolute atomic E-state index is 11.2. The van der Waals surface area contributed by atoms with Crippen molar-refractivity contribution < 1.29 is 9.90 Å². The maximum Gasteiger partial charge on any atom is 0.336 e. The first kappa shape index (κ1) is 12.6. The molecule has 0 aliphatic carbocycles. The molecule has 92 valence electrons. The Balaban J connectivity index is 2.52. The highest BCUT2D eigenvalue weighted by Crippen LogP contribution is 2.25. The summed E-state index contributed by atoms with van der Waals surface area (Å²) in [6, 6.07) is 9.13. The molecule has 4 heteroatoms. The van der Waals surface area contributed by atoms with Crippen LogP contribution in [-0.4, -0.2) is 16.1 Å². The molecule has 0 atom stereocenters. The van der Waals surface area contributed by atoms with Crippen molar-refractivity contribution in [1.82, 2.24) is 4.98 Å². The lowest BCUT2D eigenvalue weighted by molar-refractivity contribution is 0.0697. The minimum atomic E-state index is -1.01. The molecular formula is C14H12ClNO2. The zero-order valence-electron chi connectivity index (χ0n) is 9.85. The van der Waals surface area contributed by atoms with Gasteiger partial charge in [-0.3, -0.25) is 0 Å². The van der Waals surface area contributed by atoms with E-state index in [0.717, 1.165) is 12.0 Å².